The topological polar surface area (TPSA) is 84.5 Å². The minimum absolute atomic E-state index is 0.0701. The van der Waals surface area contributed by atoms with E-state index in [1.54, 1.807) is 0 Å². The maximum Gasteiger partial charge on any atom is 0.414 e. The van der Waals surface area contributed by atoms with E-state index in [9.17, 15) is 14.4 Å². The van der Waals surface area contributed by atoms with E-state index in [4.69, 9.17) is 0 Å². The van der Waals surface area contributed by atoms with E-state index in [-0.39, 0.29) is 11.7 Å². The smallest absolute Gasteiger partial charge is 0.375 e. The Labute approximate surface area is 106 Å². The Balaban J connectivity index is 4.03. The van der Waals surface area contributed by atoms with Crippen LogP contribution in [0, 0.1) is 0 Å². The van der Waals surface area contributed by atoms with E-state index in [0.29, 0.717) is 6.54 Å². The molecule has 0 aromatic heterocycles. The first kappa shape index (κ1) is 15.8. The lowest BCUT2D eigenvalue weighted by molar-refractivity contribution is -0.141. The number of carbonyl (C=O) groups is 3. The van der Waals surface area contributed by atoms with Gasteiger partial charge in [-0.2, -0.15) is 12.6 Å². The molecule has 1 unspecified atom stereocenters. The van der Waals surface area contributed by atoms with Gasteiger partial charge in [0.1, 0.15) is 6.04 Å². The zero-order valence-corrected chi connectivity index (χ0v) is 10.9. The van der Waals surface area contributed by atoms with Crippen molar-refractivity contribution in [3.8, 4) is 0 Å². The molecule has 6 nitrogen and oxygen atoms in total. The van der Waals surface area contributed by atoms with Gasteiger partial charge < -0.3 is 15.4 Å². The maximum absolute atomic E-state index is 11.4. The molecular weight excluding hydrogens is 244 g/mol. The van der Waals surface area contributed by atoms with Crippen molar-refractivity contribution >= 4 is 30.6 Å². The van der Waals surface area contributed by atoms with Crippen LogP contribution in [0.1, 0.15) is 26.7 Å². The Bertz CT molecular complexity index is 283. The van der Waals surface area contributed by atoms with Gasteiger partial charge in [0.2, 0.25) is 5.91 Å². The van der Waals surface area contributed by atoms with Gasteiger partial charge in [0, 0.05) is 19.2 Å². The molecule has 0 radical (unpaired) electrons. The normalized spacial score (nSPS) is 11.5. The second kappa shape index (κ2) is 8.86. The number of unbranched alkanes of at least 4 members (excludes halogenated alkanes) is 1. The van der Waals surface area contributed by atoms with Crippen molar-refractivity contribution < 1.29 is 19.1 Å². The summed E-state index contributed by atoms with van der Waals surface area (Å²) in [6, 6.07) is -0.909. The Morgan fingerprint density at radius 3 is 2.47 bits per heavy atom. The Kier molecular flexibility index (Phi) is 8.21. The summed E-state index contributed by atoms with van der Waals surface area (Å²) in [5, 5.41) is 4.76. The first-order valence-corrected chi connectivity index (χ1v) is 6.02. The van der Waals surface area contributed by atoms with Crippen LogP contribution in [-0.2, 0) is 14.3 Å². The van der Waals surface area contributed by atoms with Crippen LogP contribution >= 0.6 is 12.6 Å². The number of alkyl carbamates (subject to hydrolysis) is 1. The summed E-state index contributed by atoms with van der Waals surface area (Å²) in [6.07, 6.45) is 0.935. The summed E-state index contributed by atoms with van der Waals surface area (Å²) in [6.45, 7) is 3.70. The largest absolute Gasteiger partial charge is 0.414 e. The zero-order chi connectivity index (χ0) is 13.3. The summed E-state index contributed by atoms with van der Waals surface area (Å²) >= 11 is 3.89. The van der Waals surface area contributed by atoms with Gasteiger partial charge in [-0.1, -0.05) is 13.3 Å². The fourth-order valence-corrected chi connectivity index (χ4v) is 1.23. The lowest BCUT2D eigenvalue weighted by atomic mass is 10.3. The molecular formula is C10H18N2O4S. The fourth-order valence-electron chi connectivity index (χ4n) is 0.990. The van der Waals surface area contributed by atoms with E-state index >= 15 is 0 Å². The first-order chi connectivity index (χ1) is 8.01. The minimum atomic E-state index is -0.909. The lowest BCUT2D eigenvalue weighted by Gasteiger charge is -2.13. The van der Waals surface area contributed by atoms with Crippen LogP contribution in [-0.4, -0.2) is 36.3 Å². The summed E-state index contributed by atoms with van der Waals surface area (Å²) in [5.74, 6) is -1.13. The molecule has 0 aliphatic carbocycles. The summed E-state index contributed by atoms with van der Waals surface area (Å²) in [7, 11) is 0. The molecule has 0 saturated carbocycles. The number of hydrogen-bond donors (Lipinski definition) is 3. The van der Waals surface area contributed by atoms with Crippen LogP contribution in [0.4, 0.5) is 4.79 Å². The second-order valence-electron chi connectivity index (χ2n) is 3.42. The third-order valence-corrected chi connectivity index (χ3v) is 2.20. The van der Waals surface area contributed by atoms with Gasteiger partial charge in [0.25, 0.3) is 0 Å². The number of rotatable bonds is 6. The molecule has 17 heavy (non-hydrogen) atoms. The predicted octanol–water partition coefficient (Wildman–Crippen LogP) is 0.474. The standard InChI is InChI=1S/C10H18N2O4S/c1-3-4-5-11-10(15)16-9(14)8(6-17)12-7(2)13/h8,17H,3-6H2,1-2H3,(H,11,15)(H,12,13). The summed E-state index contributed by atoms with van der Waals surface area (Å²) < 4.78 is 4.50. The van der Waals surface area contributed by atoms with E-state index in [1.807, 2.05) is 6.92 Å². The quantitative estimate of drug-likeness (QED) is 0.281. The highest BCUT2D eigenvalue weighted by Crippen LogP contribution is 1.94. The number of ether oxygens (including phenoxy) is 1. The number of amides is 2. The van der Waals surface area contributed by atoms with Crippen LogP contribution in [0.25, 0.3) is 0 Å². The predicted molar refractivity (Wildman–Crippen MR) is 65.9 cm³/mol. The molecule has 2 amide bonds. The highest BCUT2D eigenvalue weighted by molar-refractivity contribution is 7.80. The third-order valence-electron chi connectivity index (χ3n) is 1.84. The summed E-state index contributed by atoms with van der Waals surface area (Å²) in [5.41, 5.74) is 0. The van der Waals surface area contributed by atoms with Gasteiger partial charge in [-0.05, 0) is 6.42 Å². The van der Waals surface area contributed by atoms with Gasteiger partial charge in [-0.15, -0.1) is 0 Å². The van der Waals surface area contributed by atoms with Crippen molar-refractivity contribution in [1.82, 2.24) is 10.6 Å². The molecule has 0 saturated heterocycles. The van der Waals surface area contributed by atoms with Gasteiger partial charge in [-0.25, -0.2) is 9.59 Å². The molecule has 7 heteroatoms. The monoisotopic (exact) mass is 262 g/mol. The molecule has 2 N–H and O–H groups in total. The molecule has 0 aromatic rings. The minimum Gasteiger partial charge on any atom is -0.375 e. The highest BCUT2D eigenvalue weighted by Gasteiger charge is 2.21. The van der Waals surface area contributed by atoms with Crippen molar-refractivity contribution in [2.75, 3.05) is 12.3 Å². The Morgan fingerprint density at radius 1 is 1.35 bits per heavy atom. The molecule has 0 aliphatic rings. The first-order valence-electron chi connectivity index (χ1n) is 5.38. The number of esters is 1. The van der Waals surface area contributed by atoms with E-state index < -0.39 is 18.1 Å². The molecule has 0 aromatic carbocycles. The van der Waals surface area contributed by atoms with Gasteiger partial charge in [0.15, 0.2) is 0 Å². The molecule has 0 spiro atoms. The van der Waals surface area contributed by atoms with Crippen LogP contribution < -0.4 is 10.6 Å². The number of carbonyl (C=O) groups excluding carboxylic acids is 3. The molecule has 0 heterocycles. The van der Waals surface area contributed by atoms with Crippen LogP contribution in [0.5, 0.6) is 0 Å². The molecule has 0 rings (SSSR count). The zero-order valence-electron chi connectivity index (χ0n) is 9.99. The van der Waals surface area contributed by atoms with Gasteiger partial charge >= 0.3 is 12.1 Å². The van der Waals surface area contributed by atoms with Crippen molar-refractivity contribution in [1.29, 1.82) is 0 Å². The SMILES string of the molecule is CCCCNC(=O)OC(=O)C(CS)NC(C)=O. The van der Waals surface area contributed by atoms with Crippen LogP contribution in [0.15, 0.2) is 0 Å². The number of hydrogen-bond acceptors (Lipinski definition) is 5. The molecule has 0 fully saturated rings. The molecule has 0 bridgehead atoms. The van der Waals surface area contributed by atoms with Gasteiger partial charge in [0.05, 0.1) is 0 Å². The third kappa shape index (κ3) is 7.62. The van der Waals surface area contributed by atoms with Crippen molar-refractivity contribution in [2.24, 2.45) is 0 Å². The molecule has 1 atom stereocenters. The van der Waals surface area contributed by atoms with E-state index in [1.165, 1.54) is 6.92 Å². The van der Waals surface area contributed by atoms with Crippen molar-refractivity contribution in [2.45, 2.75) is 32.7 Å². The highest BCUT2D eigenvalue weighted by atomic mass is 32.1. The van der Waals surface area contributed by atoms with E-state index in [0.717, 1.165) is 12.8 Å². The van der Waals surface area contributed by atoms with Crippen LogP contribution in [0.3, 0.4) is 0 Å². The second-order valence-corrected chi connectivity index (χ2v) is 3.79. The Morgan fingerprint density at radius 2 is 2.00 bits per heavy atom. The average Bonchev–Trinajstić information content (AvgIpc) is 2.25. The van der Waals surface area contributed by atoms with Crippen molar-refractivity contribution in [3.05, 3.63) is 0 Å². The molecule has 98 valence electrons. The van der Waals surface area contributed by atoms with Gasteiger partial charge in [-0.3, -0.25) is 4.79 Å². The number of nitrogens with one attached hydrogen (secondary N) is 2. The number of thiol groups is 1. The maximum atomic E-state index is 11.4. The Hall–Kier alpha value is -1.24. The van der Waals surface area contributed by atoms with Crippen LogP contribution in [0.2, 0.25) is 0 Å². The average molecular weight is 262 g/mol. The fraction of sp³-hybridized carbons (Fsp3) is 0.700. The summed E-state index contributed by atoms with van der Waals surface area (Å²) in [4.78, 5) is 33.3. The van der Waals surface area contributed by atoms with E-state index in [2.05, 4.69) is 28.0 Å². The lowest BCUT2D eigenvalue weighted by Crippen LogP contribution is -2.44. The van der Waals surface area contributed by atoms with Crippen molar-refractivity contribution in [3.63, 3.8) is 0 Å². The molecule has 0 aliphatic heterocycles.